The average molecular weight is 562 g/mol. The van der Waals surface area contributed by atoms with Gasteiger partial charge in [-0.3, -0.25) is 19.8 Å². The third kappa shape index (κ3) is 5.91. The molecule has 3 aromatic rings. The van der Waals surface area contributed by atoms with Crippen molar-refractivity contribution in [3.05, 3.63) is 82.0 Å². The molecule has 0 aliphatic carbocycles. The summed E-state index contributed by atoms with van der Waals surface area (Å²) in [6.45, 7) is 2.68. The molecule has 3 amide bonds. The lowest BCUT2D eigenvalue weighted by atomic mass is 10.0. The van der Waals surface area contributed by atoms with Crippen LogP contribution < -0.4 is 16.4 Å². The number of likely N-dealkylation sites (tertiary alicyclic amines) is 1. The zero-order valence-corrected chi connectivity index (χ0v) is 22.8. The molecule has 2 aliphatic heterocycles. The van der Waals surface area contributed by atoms with Gasteiger partial charge in [0.15, 0.2) is 5.79 Å². The highest BCUT2D eigenvalue weighted by atomic mass is 32.1. The molecule has 11 heteroatoms. The van der Waals surface area contributed by atoms with Gasteiger partial charge in [0.1, 0.15) is 17.9 Å². The Kier molecular flexibility index (Phi) is 7.97. The van der Waals surface area contributed by atoms with E-state index in [1.54, 1.807) is 30.5 Å². The van der Waals surface area contributed by atoms with E-state index >= 15 is 0 Å². The lowest BCUT2D eigenvalue weighted by Gasteiger charge is -2.27. The topological polar surface area (TPSA) is 147 Å². The molecule has 2 fully saturated rings. The zero-order valence-electron chi connectivity index (χ0n) is 22.0. The molecule has 1 aromatic heterocycles. The maximum atomic E-state index is 13.5. The second kappa shape index (κ2) is 11.6. The Labute approximate surface area is 236 Å². The van der Waals surface area contributed by atoms with E-state index in [2.05, 4.69) is 10.6 Å². The molecule has 2 atom stereocenters. The normalized spacial score (nSPS) is 18.4. The van der Waals surface area contributed by atoms with E-state index in [1.807, 2.05) is 42.5 Å². The Hall–Kier alpha value is -4.06. The van der Waals surface area contributed by atoms with Crippen LogP contribution in [-0.2, 0) is 25.6 Å². The lowest BCUT2D eigenvalue weighted by Crippen LogP contribution is -2.52. The molecule has 2 saturated heterocycles. The first-order valence-electron chi connectivity index (χ1n) is 13.0. The van der Waals surface area contributed by atoms with E-state index in [0.29, 0.717) is 24.3 Å². The van der Waals surface area contributed by atoms with Gasteiger partial charge in [0, 0.05) is 27.8 Å². The van der Waals surface area contributed by atoms with E-state index < -0.39 is 23.8 Å². The van der Waals surface area contributed by atoms with Crippen LogP contribution in [0.2, 0.25) is 0 Å². The van der Waals surface area contributed by atoms with Gasteiger partial charge in [-0.15, -0.1) is 11.3 Å². The van der Waals surface area contributed by atoms with Crippen molar-refractivity contribution in [2.75, 3.05) is 19.8 Å². The summed E-state index contributed by atoms with van der Waals surface area (Å²) < 4.78 is 11.6. The number of nitrogens with one attached hydrogen (secondary N) is 3. The van der Waals surface area contributed by atoms with E-state index in [0.717, 1.165) is 16.0 Å². The minimum Gasteiger partial charge on any atom is -0.384 e. The van der Waals surface area contributed by atoms with Crippen LogP contribution in [0, 0.1) is 5.41 Å². The van der Waals surface area contributed by atoms with Crippen molar-refractivity contribution in [2.24, 2.45) is 5.73 Å². The van der Waals surface area contributed by atoms with Crippen LogP contribution in [0.5, 0.6) is 0 Å². The average Bonchev–Trinajstić information content (AvgIpc) is 3.72. The van der Waals surface area contributed by atoms with Crippen molar-refractivity contribution in [3.8, 4) is 11.1 Å². The number of carbonyl (C=O) groups excluding carboxylic acids is 3. The summed E-state index contributed by atoms with van der Waals surface area (Å²) >= 11 is 1.38. The van der Waals surface area contributed by atoms with Gasteiger partial charge < -0.3 is 30.7 Å². The van der Waals surface area contributed by atoms with Gasteiger partial charge in [0.25, 0.3) is 5.91 Å². The van der Waals surface area contributed by atoms with Gasteiger partial charge in [0.2, 0.25) is 11.8 Å². The fraction of sp³-hybridized carbons (Fsp3) is 0.310. The van der Waals surface area contributed by atoms with Crippen LogP contribution in [-0.4, -0.2) is 66.1 Å². The standard InChI is InChI=1S/C29H31N5O5S/c1-18(33-26(35)21-9-7-20(8-10-21)19-5-3-2-4-6-19)28(37)34-17-29(38-11-12-39-29)14-24(34)27(36)32-15-23-13-22(16-40-23)25(30)31/h2-10,13,16,18,24H,11-12,14-15,17H2,1H3,(H3,30,31)(H,32,36)(H,33,35)/t18-,24-/m0/s1. The van der Waals surface area contributed by atoms with Crippen molar-refractivity contribution in [1.29, 1.82) is 5.41 Å². The number of amidine groups is 1. The number of thiophene rings is 1. The number of nitrogens with two attached hydrogens (primary N) is 1. The molecule has 0 unspecified atom stereocenters. The first kappa shape index (κ1) is 27.5. The third-order valence-corrected chi connectivity index (χ3v) is 8.00. The molecule has 0 bridgehead atoms. The quantitative estimate of drug-likeness (QED) is 0.245. The Morgan fingerprint density at radius 1 is 1.07 bits per heavy atom. The highest BCUT2D eigenvalue weighted by molar-refractivity contribution is 7.10. The number of hydrogen-bond donors (Lipinski definition) is 4. The van der Waals surface area contributed by atoms with E-state index in [-0.39, 0.29) is 37.2 Å². The SMILES string of the molecule is C[C@H](NC(=O)c1ccc(-c2ccccc2)cc1)C(=O)N1CC2(C[C@H]1C(=O)NCc1cc(C(=N)N)cs1)OCCO2. The first-order chi connectivity index (χ1) is 19.2. The van der Waals surface area contributed by atoms with Crippen LogP contribution in [0.25, 0.3) is 11.1 Å². The summed E-state index contributed by atoms with van der Waals surface area (Å²) in [6, 6.07) is 17.0. The van der Waals surface area contributed by atoms with Crippen molar-refractivity contribution < 1.29 is 23.9 Å². The molecule has 208 valence electrons. The van der Waals surface area contributed by atoms with Crippen LogP contribution in [0.1, 0.15) is 34.1 Å². The van der Waals surface area contributed by atoms with Gasteiger partial charge in [-0.25, -0.2) is 0 Å². The van der Waals surface area contributed by atoms with E-state index in [4.69, 9.17) is 20.6 Å². The summed E-state index contributed by atoms with van der Waals surface area (Å²) in [5.74, 6) is -2.22. The first-order valence-corrected chi connectivity index (χ1v) is 13.9. The van der Waals surface area contributed by atoms with Gasteiger partial charge in [-0.05, 0) is 36.2 Å². The Balaban J connectivity index is 1.24. The maximum absolute atomic E-state index is 13.5. The highest BCUT2D eigenvalue weighted by Crippen LogP contribution is 2.35. The maximum Gasteiger partial charge on any atom is 0.251 e. The molecule has 0 saturated carbocycles. The predicted molar refractivity (Wildman–Crippen MR) is 151 cm³/mol. The minimum atomic E-state index is -1.04. The molecular formula is C29H31N5O5S. The Morgan fingerprint density at radius 2 is 1.75 bits per heavy atom. The minimum absolute atomic E-state index is 0.0398. The van der Waals surface area contributed by atoms with Crippen molar-refractivity contribution in [3.63, 3.8) is 0 Å². The third-order valence-electron chi connectivity index (χ3n) is 7.06. The number of nitrogen functional groups attached to an aromatic ring is 1. The second-order valence-corrected chi connectivity index (χ2v) is 10.9. The van der Waals surface area contributed by atoms with E-state index in [1.165, 1.54) is 16.2 Å². The van der Waals surface area contributed by atoms with Gasteiger partial charge in [0.05, 0.1) is 26.3 Å². The molecule has 0 radical (unpaired) electrons. The molecule has 2 aromatic carbocycles. The summed E-state index contributed by atoms with van der Waals surface area (Å²) in [4.78, 5) is 42.0. The van der Waals surface area contributed by atoms with Gasteiger partial charge in [-0.1, -0.05) is 42.5 Å². The smallest absolute Gasteiger partial charge is 0.251 e. The number of rotatable bonds is 8. The summed E-state index contributed by atoms with van der Waals surface area (Å²) in [5.41, 5.74) is 8.58. The molecule has 5 N–H and O–H groups in total. The molecule has 2 aliphatic rings. The van der Waals surface area contributed by atoms with Crippen LogP contribution in [0.15, 0.2) is 66.0 Å². The summed E-state index contributed by atoms with van der Waals surface area (Å²) in [5, 5.41) is 14.9. The van der Waals surface area contributed by atoms with Crippen LogP contribution >= 0.6 is 11.3 Å². The summed E-state index contributed by atoms with van der Waals surface area (Å²) in [6.07, 6.45) is 0.190. The number of nitrogens with zero attached hydrogens (tertiary/aromatic N) is 1. The fourth-order valence-electron chi connectivity index (χ4n) is 4.95. The number of benzene rings is 2. The molecule has 10 nitrogen and oxygen atoms in total. The molecular weight excluding hydrogens is 530 g/mol. The number of hydrogen-bond acceptors (Lipinski definition) is 7. The van der Waals surface area contributed by atoms with Gasteiger partial charge in [-0.2, -0.15) is 0 Å². The van der Waals surface area contributed by atoms with E-state index in [9.17, 15) is 14.4 Å². The monoisotopic (exact) mass is 561 g/mol. The molecule has 1 spiro atoms. The zero-order chi connectivity index (χ0) is 28.3. The van der Waals surface area contributed by atoms with Crippen molar-refractivity contribution >= 4 is 34.9 Å². The van der Waals surface area contributed by atoms with Crippen molar-refractivity contribution in [2.45, 2.75) is 37.8 Å². The number of ether oxygens (including phenoxy) is 2. The molecule has 40 heavy (non-hydrogen) atoms. The lowest BCUT2D eigenvalue weighted by molar-refractivity contribution is -0.153. The van der Waals surface area contributed by atoms with Gasteiger partial charge >= 0.3 is 0 Å². The molecule has 3 heterocycles. The van der Waals surface area contributed by atoms with Crippen LogP contribution in [0.4, 0.5) is 0 Å². The highest BCUT2D eigenvalue weighted by Gasteiger charge is 2.53. The van der Waals surface area contributed by atoms with Crippen molar-refractivity contribution in [1.82, 2.24) is 15.5 Å². The molecule has 5 rings (SSSR count). The largest absolute Gasteiger partial charge is 0.384 e. The Morgan fingerprint density at radius 3 is 2.40 bits per heavy atom. The Bertz CT molecular complexity index is 1400. The predicted octanol–water partition coefficient (Wildman–Crippen LogP) is 2.48. The second-order valence-electron chi connectivity index (χ2n) is 9.87. The number of amides is 3. The van der Waals surface area contributed by atoms with Crippen LogP contribution in [0.3, 0.4) is 0 Å². The number of carbonyl (C=O) groups is 3. The fourth-order valence-corrected chi connectivity index (χ4v) is 5.78. The summed E-state index contributed by atoms with van der Waals surface area (Å²) in [7, 11) is 0.